The lowest BCUT2D eigenvalue weighted by Crippen LogP contribution is -2.69. The van der Waals surface area contributed by atoms with Crippen molar-refractivity contribution < 1.29 is 31.1 Å². The van der Waals surface area contributed by atoms with Crippen LogP contribution >= 0.6 is 0 Å². The highest BCUT2D eigenvalue weighted by Crippen LogP contribution is 2.45. The van der Waals surface area contributed by atoms with Gasteiger partial charge in [-0.15, -0.1) is 0 Å². The minimum absolute atomic E-state index is 0.380. The van der Waals surface area contributed by atoms with Crippen LogP contribution in [0.25, 0.3) is 0 Å². The van der Waals surface area contributed by atoms with Gasteiger partial charge in [-0.2, -0.15) is 26.3 Å². The lowest BCUT2D eigenvalue weighted by atomic mass is 9.94. The molecule has 0 atom stereocenters. The van der Waals surface area contributed by atoms with Crippen LogP contribution in [0.1, 0.15) is 45.4 Å². The van der Waals surface area contributed by atoms with Crippen molar-refractivity contribution in [3.63, 3.8) is 0 Å². The number of alkyl halides is 6. The molecule has 2 N–H and O–H groups in total. The summed E-state index contributed by atoms with van der Waals surface area (Å²) < 4.78 is 77.1. The van der Waals surface area contributed by atoms with E-state index in [0.717, 1.165) is 31.5 Å². The van der Waals surface area contributed by atoms with Crippen LogP contribution in [0.3, 0.4) is 0 Å². The van der Waals surface area contributed by atoms with Crippen molar-refractivity contribution in [1.82, 2.24) is 10.6 Å². The summed E-state index contributed by atoms with van der Waals surface area (Å²) in [6.45, 7) is 0.738. The Morgan fingerprint density at radius 1 is 1.00 bits per heavy atom. The third-order valence-electron chi connectivity index (χ3n) is 3.77. The minimum atomic E-state index is -5.62. The molecule has 0 heterocycles. The minimum Gasteiger partial charge on any atom is -0.335 e. The fourth-order valence-electron chi connectivity index (χ4n) is 2.45. The first-order valence-corrected chi connectivity index (χ1v) is 6.75. The Bertz CT molecular complexity index is 346. The van der Waals surface area contributed by atoms with E-state index in [1.54, 1.807) is 0 Å². The van der Waals surface area contributed by atoms with Gasteiger partial charge in [0.05, 0.1) is 0 Å². The zero-order valence-electron chi connectivity index (χ0n) is 11.5. The fraction of sp³-hybridized carbons (Fsp3) is 0.917. The normalized spacial score (nSPS) is 18.4. The van der Waals surface area contributed by atoms with Gasteiger partial charge in [0.15, 0.2) is 0 Å². The molecule has 21 heavy (non-hydrogen) atoms. The number of amides is 2. The monoisotopic (exact) mass is 320 g/mol. The molecule has 0 radical (unpaired) electrons. The number of hydrogen-bond donors (Lipinski definition) is 2. The highest BCUT2D eigenvalue weighted by molar-refractivity contribution is 5.75. The summed E-state index contributed by atoms with van der Waals surface area (Å²) in [5.74, 6) is 0. The Hall–Kier alpha value is -1.15. The second-order valence-electron chi connectivity index (χ2n) is 5.19. The number of rotatable bonds is 3. The summed E-state index contributed by atoms with van der Waals surface area (Å²) in [5.41, 5.74) is -4.22. The lowest BCUT2D eigenvalue weighted by Gasteiger charge is -2.37. The van der Waals surface area contributed by atoms with Crippen LogP contribution < -0.4 is 10.6 Å². The van der Waals surface area contributed by atoms with Gasteiger partial charge in [0.1, 0.15) is 0 Å². The summed E-state index contributed by atoms with van der Waals surface area (Å²) in [4.78, 5) is 11.6. The van der Waals surface area contributed by atoms with Crippen molar-refractivity contribution in [3.8, 4) is 0 Å². The number of urea groups is 1. The first-order chi connectivity index (χ1) is 9.53. The van der Waals surface area contributed by atoms with E-state index in [0.29, 0.717) is 12.8 Å². The molecule has 3 nitrogen and oxygen atoms in total. The molecule has 0 aromatic rings. The molecule has 1 aliphatic carbocycles. The van der Waals surface area contributed by atoms with Gasteiger partial charge in [0.25, 0.3) is 0 Å². The molecule has 0 bridgehead atoms. The molecule has 0 aromatic carbocycles. The first-order valence-electron chi connectivity index (χ1n) is 6.75. The predicted octanol–water partition coefficient (Wildman–Crippen LogP) is 3.89. The number of carbonyl (C=O) groups excluding carboxylic acids is 1. The molecule has 0 aliphatic heterocycles. The van der Waals surface area contributed by atoms with Crippen LogP contribution in [-0.2, 0) is 0 Å². The molecule has 124 valence electrons. The van der Waals surface area contributed by atoms with Crippen LogP contribution in [0.15, 0.2) is 0 Å². The smallest absolute Gasteiger partial charge is 0.335 e. The fourth-order valence-corrected chi connectivity index (χ4v) is 2.45. The van der Waals surface area contributed by atoms with Crippen molar-refractivity contribution in [2.24, 2.45) is 0 Å². The van der Waals surface area contributed by atoms with Gasteiger partial charge < -0.3 is 10.6 Å². The lowest BCUT2D eigenvalue weighted by molar-refractivity contribution is -0.304. The van der Waals surface area contributed by atoms with Crippen molar-refractivity contribution in [1.29, 1.82) is 0 Å². The van der Waals surface area contributed by atoms with E-state index in [9.17, 15) is 31.1 Å². The van der Waals surface area contributed by atoms with Crippen LogP contribution in [0, 0.1) is 0 Å². The van der Waals surface area contributed by atoms with Crippen LogP contribution in [0.4, 0.5) is 31.1 Å². The van der Waals surface area contributed by atoms with E-state index >= 15 is 0 Å². The number of carbonyl (C=O) groups is 1. The van der Waals surface area contributed by atoms with Gasteiger partial charge in [-0.05, 0) is 19.3 Å². The van der Waals surface area contributed by atoms with Crippen LogP contribution in [0.2, 0.25) is 0 Å². The third kappa shape index (κ3) is 3.94. The van der Waals surface area contributed by atoms with Gasteiger partial charge in [-0.1, -0.05) is 26.2 Å². The predicted molar refractivity (Wildman–Crippen MR) is 63.7 cm³/mol. The van der Waals surface area contributed by atoms with Gasteiger partial charge >= 0.3 is 18.4 Å². The van der Waals surface area contributed by atoms with Gasteiger partial charge in [0, 0.05) is 6.04 Å². The standard InChI is InChI=1S/C12H18F6N2O/c1-2-10(11(13,14)15,12(16,17)18)20-9(21)19-8-6-4-3-5-7-8/h8H,2-7H2,1H3,(H2,19,20,21). The quantitative estimate of drug-likeness (QED) is 0.761. The Balaban J connectivity index is 2.83. The summed E-state index contributed by atoms with van der Waals surface area (Å²) in [6, 6.07) is -1.81. The Morgan fingerprint density at radius 2 is 1.48 bits per heavy atom. The highest BCUT2D eigenvalue weighted by atomic mass is 19.4. The molecule has 0 spiro atoms. The highest BCUT2D eigenvalue weighted by Gasteiger charge is 2.70. The Labute approximate surface area is 118 Å². The van der Waals surface area contributed by atoms with Gasteiger partial charge in [-0.25, -0.2) is 4.79 Å². The average Bonchev–Trinajstić information content (AvgIpc) is 2.34. The van der Waals surface area contributed by atoms with E-state index < -0.39 is 30.3 Å². The number of nitrogens with one attached hydrogen (secondary N) is 2. The van der Waals surface area contributed by atoms with E-state index in [-0.39, 0.29) is 6.04 Å². The van der Waals surface area contributed by atoms with E-state index in [2.05, 4.69) is 5.32 Å². The second-order valence-corrected chi connectivity index (χ2v) is 5.19. The molecule has 9 heteroatoms. The van der Waals surface area contributed by atoms with E-state index in [1.165, 1.54) is 0 Å². The topological polar surface area (TPSA) is 41.1 Å². The van der Waals surface area contributed by atoms with Crippen LogP contribution in [-0.4, -0.2) is 30.0 Å². The van der Waals surface area contributed by atoms with Gasteiger partial charge in [-0.3, -0.25) is 0 Å². The summed E-state index contributed by atoms with van der Waals surface area (Å²) in [7, 11) is 0. The Morgan fingerprint density at radius 3 is 1.86 bits per heavy atom. The molecule has 1 rings (SSSR count). The maximum Gasteiger partial charge on any atom is 0.420 e. The summed E-state index contributed by atoms with van der Waals surface area (Å²) in [5, 5.41) is 3.31. The molecule has 0 saturated heterocycles. The molecular weight excluding hydrogens is 302 g/mol. The maximum atomic E-state index is 12.8. The third-order valence-corrected chi connectivity index (χ3v) is 3.77. The van der Waals surface area contributed by atoms with Crippen molar-refractivity contribution >= 4 is 6.03 Å². The average molecular weight is 320 g/mol. The summed E-state index contributed by atoms with van der Waals surface area (Å²) in [6.07, 6.45) is -8.91. The molecular formula is C12H18F6N2O. The molecule has 1 aliphatic rings. The van der Waals surface area contributed by atoms with Gasteiger partial charge in [0.2, 0.25) is 5.54 Å². The molecule has 2 amide bonds. The Kier molecular flexibility index (Phi) is 5.38. The largest absolute Gasteiger partial charge is 0.420 e. The zero-order chi connectivity index (χ0) is 16.3. The molecule has 0 unspecified atom stereocenters. The first kappa shape index (κ1) is 17.9. The van der Waals surface area contributed by atoms with E-state index in [1.807, 2.05) is 0 Å². The van der Waals surface area contributed by atoms with Crippen LogP contribution in [0.5, 0.6) is 0 Å². The zero-order valence-corrected chi connectivity index (χ0v) is 11.5. The number of hydrogen-bond acceptors (Lipinski definition) is 1. The molecule has 1 fully saturated rings. The summed E-state index contributed by atoms with van der Waals surface area (Å²) >= 11 is 0. The number of halogens is 6. The van der Waals surface area contributed by atoms with Crippen molar-refractivity contribution in [2.45, 2.75) is 69.4 Å². The molecule has 0 aromatic heterocycles. The van der Waals surface area contributed by atoms with Crippen molar-refractivity contribution in [3.05, 3.63) is 0 Å². The SMILES string of the molecule is CCC(NC(=O)NC1CCCCC1)(C(F)(F)F)C(F)(F)F. The second kappa shape index (κ2) is 6.31. The van der Waals surface area contributed by atoms with Crippen molar-refractivity contribution in [2.75, 3.05) is 0 Å². The maximum absolute atomic E-state index is 12.8. The molecule has 1 saturated carbocycles. The van der Waals surface area contributed by atoms with E-state index in [4.69, 9.17) is 0 Å².